The van der Waals surface area contributed by atoms with Crippen molar-refractivity contribution in [3.63, 3.8) is 0 Å². The van der Waals surface area contributed by atoms with Crippen LogP contribution in [0.1, 0.15) is 82.1 Å². The zero-order chi connectivity index (χ0) is 37.9. The summed E-state index contributed by atoms with van der Waals surface area (Å²) >= 11 is 0. The van der Waals surface area contributed by atoms with E-state index in [1.54, 1.807) is 0 Å². The molecule has 0 aromatic heterocycles. The van der Waals surface area contributed by atoms with E-state index in [-0.39, 0.29) is 17.9 Å². The highest BCUT2D eigenvalue weighted by molar-refractivity contribution is 5.99. The van der Waals surface area contributed by atoms with Crippen molar-refractivity contribution >= 4 is 17.3 Å². The number of amides is 1. The molecule has 0 radical (unpaired) electrons. The highest BCUT2D eigenvalue weighted by Crippen LogP contribution is 2.47. The molecule has 3 heterocycles. The number of phenolic OH excluding ortho intramolecular Hbond substituents is 1. The zero-order valence-corrected chi connectivity index (χ0v) is 32.5. The number of aryl methyl sites for hydroxylation is 1. The lowest BCUT2D eigenvalue weighted by Gasteiger charge is -2.40. The van der Waals surface area contributed by atoms with Gasteiger partial charge in [0.05, 0.1) is 6.04 Å². The van der Waals surface area contributed by atoms with E-state index >= 15 is 0 Å². The summed E-state index contributed by atoms with van der Waals surface area (Å²) in [6.07, 6.45) is 8.06. The molecule has 3 aliphatic heterocycles. The lowest BCUT2D eigenvalue weighted by molar-refractivity contribution is 0.0731. The summed E-state index contributed by atoms with van der Waals surface area (Å²) in [5.74, 6) is 1.89. The number of aromatic hydroxyl groups is 1. The van der Waals surface area contributed by atoms with Crippen LogP contribution in [0.25, 0.3) is 0 Å². The van der Waals surface area contributed by atoms with Crippen LogP contribution >= 0.6 is 0 Å². The van der Waals surface area contributed by atoms with Gasteiger partial charge in [0, 0.05) is 88.0 Å². The van der Waals surface area contributed by atoms with Gasteiger partial charge in [-0.05, 0) is 121 Å². The van der Waals surface area contributed by atoms with E-state index in [1.807, 2.05) is 36.2 Å². The number of hydrogen-bond donors (Lipinski definition) is 2. The van der Waals surface area contributed by atoms with Crippen LogP contribution in [0.3, 0.4) is 0 Å². The Morgan fingerprint density at radius 2 is 1.56 bits per heavy atom. The van der Waals surface area contributed by atoms with E-state index in [2.05, 4.69) is 106 Å². The van der Waals surface area contributed by atoms with Gasteiger partial charge >= 0.3 is 0 Å². The van der Waals surface area contributed by atoms with E-state index in [1.165, 1.54) is 53.0 Å². The second-order valence-electron chi connectivity index (χ2n) is 16.2. The molecule has 0 spiro atoms. The Morgan fingerprint density at radius 3 is 2.29 bits per heavy atom. The third-order valence-corrected chi connectivity index (χ3v) is 13.0. The van der Waals surface area contributed by atoms with Gasteiger partial charge in [-0.15, -0.1) is 6.58 Å². The number of carbonyl (C=O) groups excluding carboxylic acids is 1. The highest BCUT2D eigenvalue weighted by Gasteiger charge is 2.34. The van der Waals surface area contributed by atoms with Gasteiger partial charge in [0.2, 0.25) is 0 Å². The molecule has 3 unspecified atom stereocenters. The Bertz CT molecular complexity index is 1980. The van der Waals surface area contributed by atoms with Crippen LogP contribution in [-0.2, 0) is 13.0 Å². The molecule has 2 N–H and O–H groups in total. The molecular formula is C48H57N5O2. The Morgan fingerprint density at radius 1 is 0.836 bits per heavy atom. The summed E-state index contributed by atoms with van der Waals surface area (Å²) in [6.45, 7) is 16.3. The lowest BCUT2D eigenvalue weighted by atomic mass is 9.69. The number of rotatable bonds is 12. The molecule has 2 fully saturated rings. The normalized spacial score (nSPS) is 20.9. The van der Waals surface area contributed by atoms with Crippen molar-refractivity contribution in [3.8, 4) is 5.75 Å². The molecule has 1 amide bonds. The van der Waals surface area contributed by atoms with E-state index in [0.29, 0.717) is 18.2 Å². The summed E-state index contributed by atoms with van der Waals surface area (Å²) in [4.78, 5) is 23.0. The van der Waals surface area contributed by atoms with Crippen LogP contribution in [0.15, 0.2) is 116 Å². The average Bonchev–Trinajstić information content (AvgIpc) is 3.56. The van der Waals surface area contributed by atoms with Crippen LogP contribution in [0, 0.1) is 5.92 Å². The number of piperidine rings is 1. The zero-order valence-electron chi connectivity index (χ0n) is 32.5. The van der Waals surface area contributed by atoms with Gasteiger partial charge in [0.1, 0.15) is 5.75 Å². The predicted molar refractivity (Wildman–Crippen MR) is 225 cm³/mol. The van der Waals surface area contributed by atoms with Crippen LogP contribution in [-0.4, -0.2) is 79.7 Å². The fourth-order valence-corrected chi connectivity index (χ4v) is 9.74. The number of benzene rings is 4. The third-order valence-electron chi connectivity index (χ3n) is 13.0. The average molecular weight is 736 g/mol. The van der Waals surface area contributed by atoms with Crippen molar-refractivity contribution < 1.29 is 9.90 Å². The third kappa shape index (κ3) is 7.90. The maximum Gasteiger partial charge on any atom is 0.254 e. The van der Waals surface area contributed by atoms with Crippen molar-refractivity contribution in [3.05, 3.63) is 149 Å². The van der Waals surface area contributed by atoms with Crippen molar-refractivity contribution in [2.24, 2.45) is 5.92 Å². The van der Waals surface area contributed by atoms with Crippen LogP contribution < -0.4 is 15.1 Å². The number of fused-ring (bicyclic) bond motifs is 2. The quantitative estimate of drug-likeness (QED) is 0.143. The highest BCUT2D eigenvalue weighted by atomic mass is 16.3. The summed E-state index contributed by atoms with van der Waals surface area (Å²) < 4.78 is 0. The summed E-state index contributed by atoms with van der Waals surface area (Å²) in [6, 6.07) is 32.8. The number of phenols is 1. The first-order chi connectivity index (χ1) is 26.9. The lowest BCUT2D eigenvalue weighted by Crippen LogP contribution is -2.49. The molecule has 4 aromatic carbocycles. The minimum atomic E-state index is 0.000243. The van der Waals surface area contributed by atoms with E-state index in [4.69, 9.17) is 0 Å². The standard InChI is InChI=1S/C48H57N5O2/c1-4-40(14-10-34(2)49-3)53-33-39-30-42(17-20-46(39)48(53)55)52-28-26-50(27-29-52)32-35-22-24-51(25-23-35)41-15-11-37(12-16-41)47-44(36-8-6-5-7-9-36)19-13-38-31-43(54)18-21-45(38)47/h4-9,11-12,15-18,20-21,30-31,35,40,44,47,49,54H,1-2,10,13-14,19,22-29,32-33H2,3H3. The Hall–Kier alpha value is -5.01. The number of nitrogens with zero attached hydrogens (tertiary/aromatic N) is 4. The first-order valence-corrected chi connectivity index (χ1v) is 20.5. The van der Waals surface area contributed by atoms with E-state index in [0.717, 1.165) is 87.7 Å². The number of allylic oxidation sites excluding steroid dienone is 1. The second kappa shape index (κ2) is 16.4. The molecule has 55 heavy (non-hydrogen) atoms. The fraction of sp³-hybridized carbons (Fsp3) is 0.396. The SMILES string of the molecule is C=CC(CCC(=C)NC)N1Cc2cc(N3CCN(CC4CCN(c5ccc(C6c7ccc(O)cc7CCC6c6ccccc6)cc5)CC4)CC3)ccc2C1=O. The largest absolute Gasteiger partial charge is 0.508 e. The smallest absolute Gasteiger partial charge is 0.254 e. The van der Waals surface area contributed by atoms with Gasteiger partial charge in [-0.3, -0.25) is 9.69 Å². The Kier molecular flexibility index (Phi) is 11.0. The molecule has 7 heteroatoms. The first kappa shape index (κ1) is 36.9. The molecule has 0 bridgehead atoms. The Labute approximate surface area is 328 Å². The van der Waals surface area contributed by atoms with Crippen molar-refractivity contribution in [1.29, 1.82) is 0 Å². The minimum Gasteiger partial charge on any atom is -0.508 e. The van der Waals surface area contributed by atoms with Crippen LogP contribution in [0.5, 0.6) is 5.75 Å². The summed E-state index contributed by atoms with van der Waals surface area (Å²) in [5, 5.41) is 13.3. The maximum atomic E-state index is 13.3. The molecule has 1 aliphatic carbocycles. The number of carbonyl (C=O) groups is 1. The van der Waals surface area contributed by atoms with Gasteiger partial charge in [0.15, 0.2) is 0 Å². The molecule has 0 saturated carbocycles. The van der Waals surface area contributed by atoms with Crippen LogP contribution in [0.2, 0.25) is 0 Å². The molecule has 286 valence electrons. The summed E-state index contributed by atoms with van der Waals surface area (Å²) in [7, 11) is 1.89. The van der Waals surface area contributed by atoms with Gasteiger partial charge in [-0.25, -0.2) is 0 Å². The topological polar surface area (TPSA) is 62.3 Å². The van der Waals surface area contributed by atoms with E-state index in [9.17, 15) is 9.90 Å². The van der Waals surface area contributed by atoms with Crippen LogP contribution in [0.4, 0.5) is 11.4 Å². The maximum absolute atomic E-state index is 13.3. The van der Waals surface area contributed by atoms with Crippen molar-refractivity contribution in [2.75, 3.05) is 62.7 Å². The van der Waals surface area contributed by atoms with Gasteiger partial charge in [-0.1, -0.05) is 61.2 Å². The number of nitrogens with one attached hydrogen (secondary N) is 1. The summed E-state index contributed by atoms with van der Waals surface area (Å²) in [5.41, 5.74) is 10.9. The van der Waals surface area contributed by atoms with Crippen molar-refractivity contribution in [1.82, 2.24) is 15.1 Å². The van der Waals surface area contributed by atoms with Gasteiger partial charge < -0.3 is 25.1 Å². The molecule has 3 atom stereocenters. The number of anilines is 2. The van der Waals surface area contributed by atoms with Gasteiger partial charge in [-0.2, -0.15) is 0 Å². The Balaban J connectivity index is 0.833. The van der Waals surface area contributed by atoms with Crippen molar-refractivity contribution in [2.45, 2.75) is 62.9 Å². The number of piperazine rings is 1. The molecule has 7 nitrogen and oxygen atoms in total. The molecule has 4 aliphatic rings. The molecule has 2 saturated heterocycles. The fourth-order valence-electron chi connectivity index (χ4n) is 9.74. The monoisotopic (exact) mass is 735 g/mol. The number of hydrogen-bond acceptors (Lipinski definition) is 6. The second-order valence-corrected chi connectivity index (χ2v) is 16.2. The minimum absolute atomic E-state index is 0.000243. The molecular weight excluding hydrogens is 679 g/mol. The van der Waals surface area contributed by atoms with E-state index < -0.39 is 0 Å². The predicted octanol–water partition coefficient (Wildman–Crippen LogP) is 8.32. The molecule has 4 aromatic rings. The molecule has 8 rings (SSSR count). The first-order valence-electron chi connectivity index (χ1n) is 20.5. The van der Waals surface area contributed by atoms with Gasteiger partial charge in [0.25, 0.3) is 5.91 Å².